The Morgan fingerprint density at radius 1 is 1.09 bits per heavy atom. The van der Waals surface area contributed by atoms with Crippen LogP contribution >= 0.6 is 7.37 Å². The van der Waals surface area contributed by atoms with Crippen molar-refractivity contribution in [1.82, 2.24) is 0 Å². The number of hydrogen-bond donors (Lipinski definition) is 0. The molecular weight excluding hydrogens is 299 g/mol. The Hall–Kier alpha value is -0.670. The third-order valence-corrected chi connectivity index (χ3v) is 6.12. The van der Waals surface area contributed by atoms with Crippen LogP contribution in [0.1, 0.15) is 52.0 Å². The maximum Gasteiger partial charge on any atom is 0.204 e. The van der Waals surface area contributed by atoms with E-state index in [9.17, 15) is 4.57 Å². The van der Waals surface area contributed by atoms with Gasteiger partial charge in [0.1, 0.15) is 0 Å². The van der Waals surface area contributed by atoms with Crippen LogP contribution in [0.5, 0.6) is 0 Å². The Morgan fingerprint density at radius 2 is 1.59 bits per heavy atom. The van der Waals surface area contributed by atoms with Crippen molar-refractivity contribution in [2.75, 3.05) is 13.3 Å². The van der Waals surface area contributed by atoms with Crippen LogP contribution in [0.3, 0.4) is 0 Å². The number of ether oxygens (including phenoxy) is 2. The third kappa shape index (κ3) is 3.80. The van der Waals surface area contributed by atoms with Crippen molar-refractivity contribution in [1.29, 1.82) is 0 Å². The lowest BCUT2D eigenvalue weighted by molar-refractivity contribution is -0.0895. The molecule has 0 aromatic heterocycles. The molecule has 0 aliphatic carbocycles. The van der Waals surface area contributed by atoms with Crippen molar-refractivity contribution >= 4 is 7.37 Å². The van der Waals surface area contributed by atoms with Gasteiger partial charge >= 0.3 is 0 Å². The summed E-state index contributed by atoms with van der Waals surface area (Å²) in [5.74, 6) is 0. The van der Waals surface area contributed by atoms with E-state index in [4.69, 9.17) is 14.0 Å². The Bertz CT molecular complexity index is 547. The van der Waals surface area contributed by atoms with Crippen LogP contribution < -0.4 is 0 Å². The molecule has 0 amide bonds. The minimum Gasteiger partial charge on any atom is -0.339 e. The summed E-state index contributed by atoms with van der Waals surface area (Å²) in [5, 5.41) is 0. The molecule has 0 N–H and O–H groups in total. The highest BCUT2D eigenvalue weighted by Crippen LogP contribution is 2.47. The molecule has 5 heteroatoms. The fourth-order valence-electron chi connectivity index (χ4n) is 2.41. The Labute approximate surface area is 133 Å². The van der Waals surface area contributed by atoms with Crippen LogP contribution in [0.4, 0.5) is 0 Å². The van der Waals surface area contributed by atoms with E-state index in [2.05, 4.69) is 0 Å². The van der Waals surface area contributed by atoms with Gasteiger partial charge in [-0.3, -0.25) is 4.57 Å². The van der Waals surface area contributed by atoms with Gasteiger partial charge in [0.2, 0.25) is 7.37 Å². The number of hydrogen-bond acceptors (Lipinski definition) is 4. The molecule has 1 unspecified atom stereocenters. The van der Waals surface area contributed by atoms with Gasteiger partial charge in [0, 0.05) is 18.4 Å². The molecule has 1 heterocycles. The summed E-state index contributed by atoms with van der Waals surface area (Å²) < 4.78 is 29.6. The van der Waals surface area contributed by atoms with E-state index >= 15 is 0 Å². The predicted octanol–water partition coefficient (Wildman–Crippen LogP) is 4.73. The molecule has 1 saturated heterocycles. The first-order valence-corrected chi connectivity index (χ1v) is 9.97. The lowest BCUT2D eigenvalue weighted by atomic mass is 9.90. The van der Waals surface area contributed by atoms with E-state index < -0.39 is 7.37 Å². The van der Waals surface area contributed by atoms with Crippen LogP contribution in [0, 0.1) is 0 Å². The summed E-state index contributed by atoms with van der Waals surface area (Å²) in [4.78, 5) is 0. The lowest BCUT2D eigenvalue weighted by Crippen LogP contribution is -2.41. The van der Waals surface area contributed by atoms with Crippen LogP contribution in [0.25, 0.3) is 0 Å². The first-order chi connectivity index (χ1) is 10.1. The highest BCUT2D eigenvalue weighted by Gasteiger charge is 2.49. The van der Waals surface area contributed by atoms with Crippen molar-refractivity contribution in [2.45, 2.75) is 58.3 Å². The third-order valence-electron chi connectivity index (χ3n) is 4.38. The molecule has 0 spiro atoms. The summed E-state index contributed by atoms with van der Waals surface area (Å²) in [6.07, 6.45) is 0.0872. The zero-order chi connectivity index (χ0) is 16.6. The van der Waals surface area contributed by atoms with Gasteiger partial charge in [0.05, 0.1) is 17.8 Å². The maximum atomic E-state index is 12.2. The normalized spacial score (nSPS) is 23.4. The predicted molar refractivity (Wildman–Crippen MR) is 88.4 cm³/mol. The van der Waals surface area contributed by atoms with E-state index in [1.165, 1.54) is 0 Å². The van der Waals surface area contributed by atoms with Gasteiger partial charge in [-0.15, -0.1) is 0 Å². The number of benzene rings is 1. The fraction of sp³-hybridized carbons (Fsp3) is 0.647. The van der Waals surface area contributed by atoms with Gasteiger partial charge in [-0.25, -0.2) is 0 Å². The summed E-state index contributed by atoms with van der Waals surface area (Å²) in [7, 11) is -2.56. The smallest absolute Gasteiger partial charge is 0.204 e. The van der Waals surface area contributed by atoms with Crippen LogP contribution in [0.15, 0.2) is 24.3 Å². The van der Waals surface area contributed by atoms with Crippen LogP contribution in [0.2, 0.25) is 0 Å². The van der Waals surface area contributed by atoms with Gasteiger partial charge in [0.15, 0.2) is 6.29 Å². The largest absolute Gasteiger partial charge is 0.339 e. The zero-order valence-electron chi connectivity index (χ0n) is 14.4. The summed E-state index contributed by atoms with van der Waals surface area (Å²) in [5.41, 5.74) is 1.29. The molecule has 0 radical (unpaired) electrons. The standard InChI is InChI=1S/C17H27O4P/c1-7-19-22(6,18)12-13-8-10-14(11-9-13)15-20-16(2,3)17(4,5)21-15/h8-11,15H,7,12H2,1-6H3. The van der Waals surface area contributed by atoms with Crippen molar-refractivity contribution in [3.05, 3.63) is 35.4 Å². The molecule has 1 aliphatic heterocycles. The monoisotopic (exact) mass is 326 g/mol. The second-order valence-electron chi connectivity index (χ2n) is 6.92. The average molecular weight is 326 g/mol. The quantitative estimate of drug-likeness (QED) is 0.734. The highest BCUT2D eigenvalue weighted by atomic mass is 31.2. The first-order valence-electron chi connectivity index (χ1n) is 7.72. The molecule has 4 nitrogen and oxygen atoms in total. The Balaban J connectivity index is 2.09. The van der Waals surface area contributed by atoms with Gasteiger partial charge < -0.3 is 14.0 Å². The van der Waals surface area contributed by atoms with E-state index in [0.29, 0.717) is 12.8 Å². The minimum absolute atomic E-state index is 0.343. The zero-order valence-corrected chi connectivity index (χ0v) is 15.3. The molecule has 1 aliphatic rings. The van der Waals surface area contributed by atoms with Gasteiger partial charge in [0.25, 0.3) is 0 Å². The minimum atomic E-state index is -2.56. The lowest BCUT2D eigenvalue weighted by Gasteiger charge is -2.30. The SMILES string of the molecule is CCOP(C)(=O)Cc1ccc(C2OC(C)(C)C(C)(C)O2)cc1. The van der Waals surface area contributed by atoms with Crippen LogP contribution in [-0.4, -0.2) is 24.5 Å². The van der Waals surface area contributed by atoms with E-state index in [1.54, 1.807) is 6.66 Å². The molecule has 1 atom stereocenters. The van der Waals surface area contributed by atoms with E-state index in [0.717, 1.165) is 11.1 Å². The summed E-state index contributed by atoms with van der Waals surface area (Å²) in [6, 6.07) is 7.89. The topological polar surface area (TPSA) is 44.8 Å². The summed E-state index contributed by atoms with van der Waals surface area (Å²) in [6.45, 7) is 12.2. The van der Waals surface area contributed by atoms with Gasteiger partial charge in [-0.1, -0.05) is 24.3 Å². The second kappa shape index (κ2) is 6.09. The maximum absolute atomic E-state index is 12.2. The molecule has 0 saturated carbocycles. The second-order valence-corrected chi connectivity index (χ2v) is 9.52. The first kappa shape index (κ1) is 17.7. The van der Waals surface area contributed by atoms with Crippen molar-refractivity contribution in [3.63, 3.8) is 0 Å². The fourth-order valence-corrected chi connectivity index (χ4v) is 3.92. The molecule has 2 rings (SSSR count). The highest BCUT2D eigenvalue weighted by molar-refractivity contribution is 7.57. The molecule has 1 aromatic rings. The molecule has 124 valence electrons. The summed E-state index contributed by atoms with van der Waals surface area (Å²) >= 11 is 0. The number of rotatable bonds is 5. The van der Waals surface area contributed by atoms with Crippen LogP contribution in [-0.2, 0) is 24.7 Å². The Kier molecular flexibility index (Phi) is 4.89. The van der Waals surface area contributed by atoms with Crippen molar-refractivity contribution < 1.29 is 18.6 Å². The Morgan fingerprint density at radius 3 is 2.05 bits per heavy atom. The van der Waals surface area contributed by atoms with E-state index in [-0.39, 0.29) is 17.5 Å². The average Bonchev–Trinajstić information content (AvgIpc) is 2.58. The van der Waals surface area contributed by atoms with Crippen molar-refractivity contribution in [2.24, 2.45) is 0 Å². The molecule has 1 aromatic carbocycles. The van der Waals surface area contributed by atoms with Gasteiger partial charge in [-0.2, -0.15) is 0 Å². The molecule has 22 heavy (non-hydrogen) atoms. The molecule has 0 bridgehead atoms. The van der Waals surface area contributed by atoms with Gasteiger partial charge in [-0.05, 0) is 40.2 Å². The molecular formula is C17H27O4P. The van der Waals surface area contributed by atoms with Crippen molar-refractivity contribution in [3.8, 4) is 0 Å². The molecule has 1 fully saturated rings. The van der Waals surface area contributed by atoms with E-state index in [1.807, 2.05) is 58.9 Å².